The van der Waals surface area contributed by atoms with Crippen LogP contribution >= 0.6 is 11.6 Å². The van der Waals surface area contributed by atoms with Crippen LogP contribution in [-0.2, 0) is 0 Å². The summed E-state index contributed by atoms with van der Waals surface area (Å²) in [5, 5.41) is 0.955. The van der Waals surface area contributed by atoms with E-state index in [9.17, 15) is 9.59 Å². The molecular formula is C22H16ClN3O2. The Balaban J connectivity index is 1.89. The molecule has 1 amide bonds. The fraction of sp³-hybridized carbons (Fsp3) is 0.0455. The molecule has 0 fully saturated rings. The van der Waals surface area contributed by atoms with Crippen LogP contribution in [0.1, 0.15) is 15.9 Å². The third-order valence-corrected chi connectivity index (χ3v) is 4.62. The van der Waals surface area contributed by atoms with E-state index in [1.165, 1.54) is 4.68 Å². The summed E-state index contributed by atoms with van der Waals surface area (Å²) >= 11 is 5.89. The minimum atomic E-state index is -0.426. The summed E-state index contributed by atoms with van der Waals surface area (Å²) in [5.74, 6) is -0.0561. The number of halogens is 1. The smallest absolute Gasteiger partial charge is 0.267 e. The Labute approximate surface area is 166 Å². The largest absolute Gasteiger partial charge is 0.280 e. The van der Waals surface area contributed by atoms with Crippen LogP contribution in [0.3, 0.4) is 0 Å². The van der Waals surface area contributed by atoms with Crippen molar-refractivity contribution in [2.75, 3.05) is 5.43 Å². The molecule has 0 aliphatic carbocycles. The van der Waals surface area contributed by atoms with Gasteiger partial charge in [-0.05, 0) is 49.4 Å². The summed E-state index contributed by atoms with van der Waals surface area (Å²) < 4.78 is 1.20. The monoisotopic (exact) mass is 389 g/mol. The number of hydrogen-bond donors (Lipinski definition) is 1. The highest BCUT2D eigenvalue weighted by molar-refractivity contribution is 6.30. The molecule has 0 radical (unpaired) electrons. The molecule has 4 aromatic rings. The number of para-hydroxylation sites is 1. The minimum Gasteiger partial charge on any atom is -0.267 e. The predicted molar refractivity (Wildman–Crippen MR) is 111 cm³/mol. The van der Waals surface area contributed by atoms with Gasteiger partial charge in [0.25, 0.3) is 11.5 Å². The Hall–Kier alpha value is -3.44. The molecule has 0 saturated heterocycles. The van der Waals surface area contributed by atoms with E-state index >= 15 is 0 Å². The standard InChI is InChI=1S/C22H16ClN3O2/c1-14-5-4-6-16(13-14)20-24-19-8-3-2-7-18(19)22(28)26(20)25-21(27)15-9-11-17(23)12-10-15/h2-13H,1H3,(H,25,27). The van der Waals surface area contributed by atoms with E-state index in [0.29, 0.717) is 27.3 Å². The zero-order valence-corrected chi connectivity index (χ0v) is 15.8. The first kappa shape index (κ1) is 17.9. The lowest BCUT2D eigenvalue weighted by molar-refractivity contribution is 0.101. The van der Waals surface area contributed by atoms with Gasteiger partial charge in [0.2, 0.25) is 0 Å². The Bertz CT molecular complexity index is 1250. The molecule has 0 saturated carbocycles. The average Bonchev–Trinajstić information content (AvgIpc) is 2.70. The minimum absolute atomic E-state index is 0.343. The highest BCUT2D eigenvalue weighted by atomic mass is 35.5. The topological polar surface area (TPSA) is 64.0 Å². The van der Waals surface area contributed by atoms with E-state index in [1.807, 2.05) is 37.3 Å². The quantitative estimate of drug-likeness (QED) is 0.564. The van der Waals surface area contributed by atoms with Crippen LogP contribution in [0.2, 0.25) is 5.02 Å². The maximum atomic E-state index is 13.1. The summed E-state index contributed by atoms with van der Waals surface area (Å²) in [4.78, 5) is 30.5. The van der Waals surface area contributed by atoms with Gasteiger partial charge in [-0.3, -0.25) is 15.0 Å². The lowest BCUT2D eigenvalue weighted by atomic mass is 10.1. The van der Waals surface area contributed by atoms with Gasteiger partial charge in [-0.1, -0.05) is 47.5 Å². The second-order valence-electron chi connectivity index (χ2n) is 6.41. The molecular weight excluding hydrogens is 374 g/mol. The number of rotatable bonds is 3. The van der Waals surface area contributed by atoms with Crippen LogP contribution in [0.5, 0.6) is 0 Å². The van der Waals surface area contributed by atoms with Gasteiger partial charge in [-0.2, -0.15) is 4.68 Å². The van der Waals surface area contributed by atoms with Gasteiger partial charge in [0, 0.05) is 16.1 Å². The number of hydrogen-bond acceptors (Lipinski definition) is 3. The molecule has 1 aromatic heterocycles. The molecule has 4 rings (SSSR count). The van der Waals surface area contributed by atoms with Crippen molar-refractivity contribution in [2.24, 2.45) is 0 Å². The van der Waals surface area contributed by atoms with Crippen molar-refractivity contribution in [3.8, 4) is 11.4 Å². The Morgan fingerprint density at radius 2 is 1.75 bits per heavy atom. The number of nitrogens with zero attached hydrogens (tertiary/aromatic N) is 2. The normalized spacial score (nSPS) is 10.8. The first-order valence-corrected chi connectivity index (χ1v) is 9.06. The number of benzene rings is 3. The van der Waals surface area contributed by atoms with Gasteiger partial charge >= 0.3 is 0 Å². The fourth-order valence-electron chi connectivity index (χ4n) is 2.98. The van der Waals surface area contributed by atoms with Gasteiger partial charge in [-0.15, -0.1) is 0 Å². The third kappa shape index (κ3) is 3.40. The van der Waals surface area contributed by atoms with E-state index in [-0.39, 0.29) is 5.56 Å². The van der Waals surface area contributed by atoms with Crippen molar-refractivity contribution in [1.29, 1.82) is 0 Å². The molecule has 28 heavy (non-hydrogen) atoms. The number of fused-ring (bicyclic) bond motifs is 1. The lowest BCUT2D eigenvalue weighted by Gasteiger charge is -2.15. The van der Waals surface area contributed by atoms with E-state index in [4.69, 9.17) is 11.6 Å². The number of amides is 1. The Morgan fingerprint density at radius 1 is 1.00 bits per heavy atom. The van der Waals surface area contributed by atoms with Gasteiger partial charge < -0.3 is 0 Å². The van der Waals surface area contributed by atoms with Crippen molar-refractivity contribution in [1.82, 2.24) is 9.66 Å². The van der Waals surface area contributed by atoms with Crippen LogP contribution in [0.25, 0.3) is 22.3 Å². The first-order chi connectivity index (χ1) is 13.5. The molecule has 0 unspecified atom stereocenters. The van der Waals surface area contributed by atoms with Gasteiger partial charge in [-0.25, -0.2) is 4.98 Å². The molecule has 3 aromatic carbocycles. The second kappa shape index (κ2) is 7.29. The maximum Gasteiger partial charge on any atom is 0.280 e. The second-order valence-corrected chi connectivity index (χ2v) is 6.85. The highest BCUT2D eigenvalue weighted by Gasteiger charge is 2.16. The molecule has 1 N–H and O–H groups in total. The van der Waals surface area contributed by atoms with Crippen molar-refractivity contribution in [3.63, 3.8) is 0 Å². The van der Waals surface area contributed by atoms with E-state index in [2.05, 4.69) is 10.4 Å². The van der Waals surface area contributed by atoms with Crippen molar-refractivity contribution in [2.45, 2.75) is 6.92 Å². The Kier molecular flexibility index (Phi) is 4.67. The van der Waals surface area contributed by atoms with E-state index in [0.717, 1.165) is 11.1 Å². The summed E-state index contributed by atoms with van der Waals surface area (Å²) in [7, 11) is 0. The van der Waals surface area contributed by atoms with Gasteiger partial charge in [0.05, 0.1) is 10.9 Å². The van der Waals surface area contributed by atoms with Crippen LogP contribution in [0, 0.1) is 6.92 Å². The van der Waals surface area contributed by atoms with Crippen LogP contribution in [0.15, 0.2) is 77.6 Å². The van der Waals surface area contributed by atoms with E-state index in [1.54, 1.807) is 42.5 Å². The molecule has 138 valence electrons. The fourth-order valence-corrected chi connectivity index (χ4v) is 3.11. The molecule has 0 bridgehead atoms. The Morgan fingerprint density at radius 3 is 2.50 bits per heavy atom. The zero-order valence-electron chi connectivity index (χ0n) is 15.0. The summed E-state index contributed by atoms with van der Waals surface area (Å²) in [6.07, 6.45) is 0. The number of aromatic nitrogens is 2. The molecule has 0 spiro atoms. The lowest BCUT2D eigenvalue weighted by Crippen LogP contribution is -2.35. The molecule has 6 heteroatoms. The van der Waals surface area contributed by atoms with Crippen LogP contribution < -0.4 is 11.0 Å². The zero-order chi connectivity index (χ0) is 19.7. The first-order valence-electron chi connectivity index (χ1n) is 8.69. The SMILES string of the molecule is Cc1cccc(-c2nc3ccccc3c(=O)n2NC(=O)c2ccc(Cl)cc2)c1. The summed E-state index contributed by atoms with van der Waals surface area (Å²) in [5.41, 5.74) is 5.06. The van der Waals surface area contributed by atoms with Gasteiger partial charge in [0.15, 0.2) is 5.82 Å². The predicted octanol–water partition coefficient (Wildman–Crippen LogP) is 4.41. The van der Waals surface area contributed by atoms with E-state index < -0.39 is 5.91 Å². The maximum absolute atomic E-state index is 13.1. The molecule has 0 atom stereocenters. The highest BCUT2D eigenvalue weighted by Crippen LogP contribution is 2.19. The average molecular weight is 390 g/mol. The number of carbonyl (C=O) groups excluding carboxylic acids is 1. The summed E-state index contributed by atoms with van der Waals surface area (Å²) in [6.45, 7) is 1.96. The number of carbonyl (C=O) groups is 1. The van der Waals surface area contributed by atoms with Crippen molar-refractivity contribution in [3.05, 3.63) is 99.3 Å². The summed E-state index contributed by atoms with van der Waals surface area (Å²) in [6, 6.07) is 21.1. The molecule has 5 nitrogen and oxygen atoms in total. The molecule has 0 aliphatic rings. The van der Waals surface area contributed by atoms with Gasteiger partial charge in [0.1, 0.15) is 0 Å². The van der Waals surface area contributed by atoms with Crippen LogP contribution in [0.4, 0.5) is 0 Å². The van der Waals surface area contributed by atoms with Crippen molar-refractivity contribution < 1.29 is 4.79 Å². The molecule has 1 heterocycles. The molecule has 0 aliphatic heterocycles. The number of aryl methyl sites for hydroxylation is 1. The van der Waals surface area contributed by atoms with Crippen molar-refractivity contribution >= 4 is 28.4 Å². The van der Waals surface area contributed by atoms with Crippen LogP contribution in [-0.4, -0.2) is 15.6 Å². The number of nitrogens with one attached hydrogen (secondary N) is 1. The third-order valence-electron chi connectivity index (χ3n) is 4.37.